The maximum atomic E-state index is 12.0. The molecule has 3 amide bonds. The highest BCUT2D eigenvalue weighted by Gasteiger charge is 2.12. The number of aromatic nitrogens is 2. The minimum Gasteiger partial charge on any atom is -0.508 e. The zero-order valence-corrected chi connectivity index (χ0v) is 16.5. The van der Waals surface area contributed by atoms with Gasteiger partial charge in [0.15, 0.2) is 0 Å². The molecule has 1 aromatic heterocycles. The fraction of sp³-hybridized carbons (Fsp3) is 0.0556. The summed E-state index contributed by atoms with van der Waals surface area (Å²) in [5.74, 6) is -0.351. The van der Waals surface area contributed by atoms with Gasteiger partial charge in [-0.1, -0.05) is 23.5 Å². The average molecular weight is 441 g/mol. The van der Waals surface area contributed by atoms with E-state index in [1.165, 1.54) is 42.6 Å². The molecule has 0 spiro atoms. The zero-order chi connectivity index (χ0) is 22.2. The second kappa shape index (κ2) is 9.89. The standard InChI is InChI=1S/C18H15N7O5S/c26-14-3-1-2-11(8-14)10-19-22-15(27)9-16-23-24-18(31-16)21-17(28)20-12-4-6-13(7-5-12)25(29)30/h1-8,10,26H,9H2,(H,22,27)(H2,20,21,24,28)/b19-10-. The first kappa shape index (κ1) is 21.3. The number of nitro benzene ring substituents is 1. The molecule has 0 aliphatic heterocycles. The highest BCUT2D eigenvalue weighted by molar-refractivity contribution is 7.15. The van der Waals surface area contributed by atoms with Gasteiger partial charge >= 0.3 is 6.03 Å². The number of urea groups is 1. The van der Waals surface area contributed by atoms with Crippen LogP contribution in [0.25, 0.3) is 0 Å². The number of nitro groups is 1. The number of benzene rings is 2. The van der Waals surface area contributed by atoms with E-state index >= 15 is 0 Å². The van der Waals surface area contributed by atoms with E-state index in [0.717, 1.165) is 11.3 Å². The largest absolute Gasteiger partial charge is 0.508 e. The second-order valence-electron chi connectivity index (χ2n) is 5.95. The number of carbonyl (C=O) groups excluding carboxylic acids is 2. The molecule has 0 saturated heterocycles. The van der Waals surface area contributed by atoms with E-state index < -0.39 is 16.9 Å². The molecule has 0 unspecified atom stereocenters. The molecular formula is C18H15N7O5S. The molecule has 0 bridgehead atoms. The Hall–Kier alpha value is -4.39. The Balaban J connectivity index is 1.47. The number of nitrogens with one attached hydrogen (secondary N) is 3. The molecule has 0 atom stereocenters. The van der Waals surface area contributed by atoms with Crippen LogP contribution >= 0.6 is 11.3 Å². The lowest BCUT2D eigenvalue weighted by Gasteiger charge is -2.04. The molecule has 4 N–H and O–H groups in total. The van der Waals surface area contributed by atoms with E-state index in [-0.39, 0.29) is 23.0 Å². The van der Waals surface area contributed by atoms with Gasteiger partial charge in [0.05, 0.1) is 17.6 Å². The summed E-state index contributed by atoms with van der Waals surface area (Å²) in [6.45, 7) is 0. The van der Waals surface area contributed by atoms with Crippen molar-refractivity contribution < 1.29 is 19.6 Å². The number of hydrogen-bond donors (Lipinski definition) is 4. The van der Waals surface area contributed by atoms with Gasteiger partial charge in [0.1, 0.15) is 10.8 Å². The number of hydrogen-bond acceptors (Lipinski definition) is 9. The van der Waals surface area contributed by atoms with E-state index in [9.17, 15) is 24.8 Å². The Labute approximate surface area is 178 Å². The minimum absolute atomic E-state index is 0.0850. The van der Waals surface area contributed by atoms with Gasteiger partial charge in [-0.25, -0.2) is 10.2 Å². The van der Waals surface area contributed by atoms with Crippen LogP contribution in [0.2, 0.25) is 0 Å². The molecule has 13 heteroatoms. The lowest BCUT2D eigenvalue weighted by Crippen LogP contribution is -2.19. The van der Waals surface area contributed by atoms with E-state index in [2.05, 4.69) is 31.4 Å². The van der Waals surface area contributed by atoms with Crippen molar-refractivity contribution in [3.8, 4) is 5.75 Å². The quantitative estimate of drug-likeness (QED) is 0.248. The third-order valence-electron chi connectivity index (χ3n) is 3.61. The summed E-state index contributed by atoms with van der Waals surface area (Å²) in [7, 11) is 0. The van der Waals surface area contributed by atoms with Gasteiger partial charge in [-0.15, -0.1) is 10.2 Å². The van der Waals surface area contributed by atoms with E-state index in [1.54, 1.807) is 12.1 Å². The first-order chi connectivity index (χ1) is 14.9. The fourth-order valence-electron chi connectivity index (χ4n) is 2.26. The molecule has 0 saturated carbocycles. The molecule has 31 heavy (non-hydrogen) atoms. The predicted octanol–water partition coefficient (Wildman–Crippen LogP) is 2.49. The van der Waals surface area contributed by atoms with Crippen molar-refractivity contribution in [1.82, 2.24) is 15.6 Å². The number of amides is 3. The van der Waals surface area contributed by atoms with E-state index in [4.69, 9.17) is 0 Å². The first-order valence-corrected chi connectivity index (χ1v) is 9.46. The number of phenols is 1. The Morgan fingerprint density at radius 1 is 1.16 bits per heavy atom. The smallest absolute Gasteiger partial charge is 0.325 e. The number of carbonyl (C=O) groups is 2. The van der Waals surface area contributed by atoms with Gasteiger partial charge in [-0.3, -0.25) is 20.2 Å². The molecule has 1 heterocycles. The molecule has 3 aromatic rings. The van der Waals surface area contributed by atoms with Crippen molar-refractivity contribution in [2.45, 2.75) is 6.42 Å². The summed E-state index contributed by atoms with van der Waals surface area (Å²) in [6.07, 6.45) is 1.29. The summed E-state index contributed by atoms with van der Waals surface area (Å²) in [5.41, 5.74) is 3.21. The van der Waals surface area contributed by atoms with Crippen LogP contribution in [0.3, 0.4) is 0 Å². The van der Waals surface area contributed by atoms with Crippen LogP contribution < -0.4 is 16.1 Å². The molecule has 0 aliphatic rings. The summed E-state index contributed by atoms with van der Waals surface area (Å²) in [5, 5.41) is 36.9. The number of nitrogens with zero attached hydrogens (tertiary/aromatic N) is 4. The molecule has 12 nitrogen and oxygen atoms in total. The van der Waals surface area contributed by atoms with Crippen molar-refractivity contribution in [2.24, 2.45) is 5.10 Å². The molecule has 158 valence electrons. The number of non-ortho nitro benzene ring substituents is 1. The van der Waals surface area contributed by atoms with Crippen molar-refractivity contribution in [3.63, 3.8) is 0 Å². The molecule has 0 radical (unpaired) electrons. The zero-order valence-electron chi connectivity index (χ0n) is 15.7. The SMILES string of the molecule is O=C(Cc1nnc(NC(=O)Nc2ccc([N+](=O)[O-])cc2)s1)N/N=C\c1cccc(O)c1. The van der Waals surface area contributed by atoms with Crippen molar-refractivity contribution in [2.75, 3.05) is 10.6 Å². The summed E-state index contributed by atoms with van der Waals surface area (Å²) in [4.78, 5) is 34.0. The maximum Gasteiger partial charge on any atom is 0.325 e. The summed E-state index contributed by atoms with van der Waals surface area (Å²) < 4.78 is 0. The van der Waals surface area contributed by atoms with Crippen molar-refractivity contribution in [1.29, 1.82) is 0 Å². The van der Waals surface area contributed by atoms with Crippen molar-refractivity contribution in [3.05, 3.63) is 69.2 Å². The Morgan fingerprint density at radius 2 is 1.94 bits per heavy atom. The third kappa shape index (κ3) is 6.57. The lowest BCUT2D eigenvalue weighted by molar-refractivity contribution is -0.384. The van der Waals surface area contributed by atoms with Crippen LogP contribution in [-0.2, 0) is 11.2 Å². The van der Waals surface area contributed by atoms with E-state index in [1.807, 2.05) is 0 Å². The highest BCUT2D eigenvalue weighted by atomic mass is 32.1. The summed E-state index contributed by atoms with van der Waals surface area (Å²) >= 11 is 1.01. The monoisotopic (exact) mass is 441 g/mol. The van der Waals surface area contributed by atoms with Crippen LogP contribution in [0.1, 0.15) is 10.6 Å². The number of rotatable bonds is 7. The van der Waals surface area contributed by atoms with Crippen molar-refractivity contribution >= 4 is 46.0 Å². The van der Waals surface area contributed by atoms with Crippen LogP contribution in [0.5, 0.6) is 5.75 Å². The molecule has 2 aromatic carbocycles. The Morgan fingerprint density at radius 3 is 2.65 bits per heavy atom. The van der Waals surface area contributed by atoms with Gasteiger partial charge in [-0.2, -0.15) is 5.10 Å². The fourth-order valence-corrected chi connectivity index (χ4v) is 3.00. The summed E-state index contributed by atoms with van der Waals surface area (Å²) in [6, 6.07) is 11.1. The Bertz CT molecular complexity index is 1130. The molecule has 0 fully saturated rings. The van der Waals surface area contributed by atoms with Gasteiger partial charge < -0.3 is 10.4 Å². The van der Waals surface area contributed by atoms with Crippen LogP contribution in [0.15, 0.2) is 53.6 Å². The number of aromatic hydroxyl groups is 1. The van der Waals surface area contributed by atoms with Crippen LogP contribution in [0.4, 0.5) is 21.3 Å². The maximum absolute atomic E-state index is 12.0. The Kier molecular flexibility index (Phi) is 6.80. The van der Waals surface area contributed by atoms with Crippen LogP contribution in [0, 0.1) is 10.1 Å². The topological polar surface area (TPSA) is 172 Å². The first-order valence-electron chi connectivity index (χ1n) is 8.65. The van der Waals surface area contributed by atoms with Gasteiger partial charge in [0, 0.05) is 17.8 Å². The van der Waals surface area contributed by atoms with Gasteiger partial charge in [-0.05, 0) is 29.8 Å². The normalized spacial score (nSPS) is 10.6. The predicted molar refractivity (Wildman–Crippen MR) is 113 cm³/mol. The number of anilines is 2. The molecular weight excluding hydrogens is 426 g/mol. The minimum atomic E-state index is -0.614. The van der Waals surface area contributed by atoms with Crippen LogP contribution in [-0.4, -0.2) is 38.4 Å². The second-order valence-corrected chi connectivity index (χ2v) is 7.01. The molecule has 3 rings (SSSR count). The van der Waals surface area contributed by atoms with E-state index in [0.29, 0.717) is 16.3 Å². The van der Waals surface area contributed by atoms with Gasteiger partial charge in [0.2, 0.25) is 11.0 Å². The molecule has 0 aliphatic carbocycles. The average Bonchev–Trinajstić information content (AvgIpc) is 3.14. The third-order valence-corrected chi connectivity index (χ3v) is 4.45. The number of hydrazone groups is 1. The lowest BCUT2D eigenvalue weighted by atomic mass is 10.2. The van der Waals surface area contributed by atoms with Gasteiger partial charge in [0.25, 0.3) is 5.69 Å². The highest BCUT2D eigenvalue weighted by Crippen LogP contribution is 2.18. The number of phenolic OH excluding ortho intramolecular Hbond substituents is 1.